The summed E-state index contributed by atoms with van der Waals surface area (Å²) in [5.74, 6) is 1.80. The molecule has 0 heterocycles. The molecule has 0 fully saturated rings. The molecule has 2 heteroatoms. The molecular formula is C19H33NO. The average molecular weight is 291 g/mol. The van der Waals surface area contributed by atoms with Gasteiger partial charge in [0.2, 0.25) is 0 Å². The maximum absolute atomic E-state index is 5.22. The fraction of sp³-hybridized carbons (Fsp3) is 0.684. The molecule has 1 N–H and O–H groups in total. The van der Waals surface area contributed by atoms with Crippen LogP contribution in [-0.2, 0) is 6.42 Å². The molecule has 0 radical (unpaired) electrons. The molecule has 0 aliphatic heterocycles. The Bertz CT molecular complexity index is 356. The summed E-state index contributed by atoms with van der Waals surface area (Å²) in [6.45, 7) is 8.00. The van der Waals surface area contributed by atoms with Gasteiger partial charge in [-0.3, -0.25) is 0 Å². The summed E-state index contributed by atoms with van der Waals surface area (Å²) in [4.78, 5) is 0. The third kappa shape index (κ3) is 6.99. The van der Waals surface area contributed by atoms with Crippen LogP contribution in [0.3, 0.4) is 0 Å². The summed E-state index contributed by atoms with van der Waals surface area (Å²) in [5, 5.41) is 3.74. The molecule has 1 unspecified atom stereocenters. The lowest BCUT2D eigenvalue weighted by Gasteiger charge is -2.23. The Morgan fingerprint density at radius 3 is 2.24 bits per heavy atom. The van der Waals surface area contributed by atoms with E-state index in [1.165, 1.54) is 37.7 Å². The fourth-order valence-electron chi connectivity index (χ4n) is 2.81. The Hall–Kier alpha value is -1.02. The Morgan fingerprint density at radius 2 is 1.71 bits per heavy atom. The van der Waals surface area contributed by atoms with Crippen LogP contribution in [0, 0.1) is 5.92 Å². The van der Waals surface area contributed by atoms with Gasteiger partial charge in [0.05, 0.1) is 7.11 Å². The fourth-order valence-corrected chi connectivity index (χ4v) is 2.81. The van der Waals surface area contributed by atoms with Crippen molar-refractivity contribution in [3.63, 3.8) is 0 Å². The molecular weight excluding hydrogens is 258 g/mol. The molecule has 0 amide bonds. The Balaban J connectivity index is 2.50. The van der Waals surface area contributed by atoms with Crippen molar-refractivity contribution in [2.75, 3.05) is 13.7 Å². The second-order valence-corrected chi connectivity index (χ2v) is 5.96. The molecule has 120 valence electrons. The van der Waals surface area contributed by atoms with Gasteiger partial charge in [0.1, 0.15) is 5.75 Å². The number of hydrogen-bond acceptors (Lipinski definition) is 2. The summed E-state index contributed by atoms with van der Waals surface area (Å²) in [6.07, 6.45) is 7.48. The minimum absolute atomic E-state index is 0.650. The van der Waals surface area contributed by atoms with E-state index in [2.05, 4.69) is 50.4 Å². The highest BCUT2D eigenvalue weighted by Gasteiger charge is 2.13. The van der Waals surface area contributed by atoms with Crippen molar-refractivity contribution in [3.8, 4) is 5.75 Å². The smallest absolute Gasteiger partial charge is 0.118 e. The van der Waals surface area contributed by atoms with Crippen molar-refractivity contribution < 1.29 is 4.74 Å². The third-order valence-electron chi connectivity index (χ3n) is 4.40. The van der Waals surface area contributed by atoms with E-state index in [0.717, 1.165) is 24.6 Å². The molecule has 0 saturated carbocycles. The van der Waals surface area contributed by atoms with Crippen LogP contribution in [0.1, 0.15) is 58.4 Å². The van der Waals surface area contributed by atoms with E-state index < -0.39 is 0 Å². The molecule has 1 aromatic rings. The number of hydrogen-bond donors (Lipinski definition) is 1. The van der Waals surface area contributed by atoms with Gasteiger partial charge >= 0.3 is 0 Å². The first-order valence-electron chi connectivity index (χ1n) is 8.59. The van der Waals surface area contributed by atoms with E-state index in [-0.39, 0.29) is 0 Å². The van der Waals surface area contributed by atoms with E-state index in [1.54, 1.807) is 7.11 Å². The minimum atomic E-state index is 0.650. The first-order chi connectivity index (χ1) is 10.2. The van der Waals surface area contributed by atoms with E-state index in [0.29, 0.717) is 6.04 Å². The molecule has 0 aliphatic rings. The van der Waals surface area contributed by atoms with Gasteiger partial charge in [-0.15, -0.1) is 0 Å². The number of nitrogens with one attached hydrogen (secondary N) is 1. The topological polar surface area (TPSA) is 21.3 Å². The van der Waals surface area contributed by atoms with Gasteiger partial charge in [-0.2, -0.15) is 0 Å². The Kier molecular flexibility index (Phi) is 9.16. The zero-order valence-corrected chi connectivity index (χ0v) is 14.3. The molecule has 1 rings (SSSR count). The van der Waals surface area contributed by atoms with Crippen LogP contribution in [0.25, 0.3) is 0 Å². The van der Waals surface area contributed by atoms with E-state index in [9.17, 15) is 0 Å². The maximum atomic E-state index is 5.22. The van der Waals surface area contributed by atoms with Crippen molar-refractivity contribution >= 4 is 0 Å². The summed E-state index contributed by atoms with van der Waals surface area (Å²) in [6, 6.07) is 9.15. The predicted octanol–water partition coefficient (Wildman–Crippen LogP) is 4.82. The first kappa shape index (κ1) is 18.0. The van der Waals surface area contributed by atoms with Crippen LogP contribution in [0.4, 0.5) is 0 Å². The first-order valence-corrected chi connectivity index (χ1v) is 8.59. The molecule has 0 saturated heterocycles. The largest absolute Gasteiger partial charge is 0.497 e. The van der Waals surface area contributed by atoms with Crippen molar-refractivity contribution in [3.05, 3.63) is 29.8 Å². The standard InChI is InChI=1S/C19H33NO/c1-5-14-20-18(15-16(6-2)7-3)11-8-17-9-12-19(21-4)13-10-17/h9-10,12-13,16,18,20H,5-8,11,14-15H2,1-4H3. The molecule has 21 heavy (non-hydrogen) atoms. The van der Waals surface area contributed by atoms with Crippen molar-refractivity contribution in [1.82, 2.24) is 5.32 Å². The summed E-state index contributed by atoms with van der Waals surface area (Å²) >= 11 is 0. The Morgan fingerprint density at radius 1 is 1.05 bits per heavy atom. The number of benzene rings is 1. The molecule has 0 aromatic heterocycles. The number of aryl methyl sites for hydroxylation is 1. The molecule has 1 atom stereocenters. The molecule has 2 nitrogen and oxygen atoms in total. The SMILES string of the molecule is CCCNC(CCc1ccc(OC)cc1)CC(CC)CC. The highest BCUT2D eigenvalue weighted by atomic mass is 16.5. The van der Waals surface area contributed by atoms with E-state index in [4.69, 9.17) is 4.74 Å². The zero-order valence-electron chi connectivity index (χ0n) is 14.3. The lowest BCUT2D eigenvalue weighted by molar-refractivity contribution is 0.352. The number of ether oxygens (including phenoxy) is 1. The molecule has 0 aliphatic carbocycles. The summed E-state index contributed by atoms with van der Waals surface area (Å²) in [5.41, 5.74) is 1.41. The van der Waals surface area contributed by atoms with E-state index in [1.807, 2.05) is 0 Å². The average Bonchev–Trinajstić information content (AvgIpc) is 2.54. The second-order valence-electron chi connectivity index (χ2n) is 5.96. The third-order valence-corrected chi connectivity index (χ3v) is 4.40. The second kappa shape index (κ2) is 10.7. The highest BCUT2D eigenvalue weighted by Crippen LogP contribution is 2.19. The summed E-state index contributed by atoms with van der Waals surface area (Å²) < 4.78 is 5.22. The number of rotatable bonds is 11. The van der Waals surface area contributed by atoms with Crippen molar-refractivity contribution in [2.45, 2.75) is 65.3 Å². The van der Waals surface area contributed by atoms with Crippen LogP contribution in [0.5, 0.6) is 5.75 Å². The van der Waals surface area contributed by atoms with Gasteiger partial charge in [-0.25, -0.2) is 0 Å². The van der Waals surface area contributed by atoms with Gasteiger partial charge in [-0.05, 0) is 55.8 Å². The minimum Gasteiger partial charge on any atom is -0.497 e. The van der Waals surface area contributed by atoms with Crippen molar-refractivity contribution in [2.24, 2.45) is 5.92 Å². The van der Waals surface area contributed by atoms with Crippen LogP contribution < -0.4 is 10.1 Å². The van der Waals surface area contributed by atoms with Crippen LogP contribution in [0.2, 0.25) is 0 Å². The zero-order chi connectivity index (χ0) is 15.5. The monoisotopic (exact) mass is 291 g/mol. The highest BCUT2D eigenvalue weighted by molar-refractivity contribution is 5.27. The summed E-state index contributed by atoms with van der Waals surface area (Å²) in [7, 11) is 1.72. The van der Waals surface area contributed by atoms with Gasteiger partial charge in [0.25, 0.3) is 0 Å². The van der Waals surface area contributed by atoms with Crippen LogP contribution in [0.15, 0.2) is 24.3 Å². The lowest BCUT2D eigenvalue weighted by atomic mass is 9.91. The van der Waals surface area contributed by atoms with Crippen molar-refractivity contribution in [1.29, 1.82) is 0 Å². The lowest BCUT2D eigenvalue weighted by Crippen LogP contribution is -2.32. The Labute approximate surface area is 131 Å². The molecule has 1 aromatic carbocycles. The molecule has 0 bridgehead atoms. The van der Waals surface area contributed by atoms with Gasteiger partial charge < -0.3 is 10.1 Å². The maximum Gasteiger partial charge on any atom is 0.118 e. The van der Waals surface area contributed by atoms with E-state index >= 15 is 0 Å². The van der Waals surface area contributed by atoms with Crippen LogP contribution in [-0.4, -0.2) is 19.7 Å². The normalized spacial score (nSPS) is 12.6. The van der Waals surface area contributed by atoms with Gasteiger partial charge in [-0.1, -0.05) is 45.7 Å². The van der Waals surface area contributed by atoms with Gasteiger partial charge in [0, 0.05) is 6.04 Å². The molecule has 0 spiro atoms. The van der Waals surface area contributed by atoms with Crippen LogP contribution >= 0.6 is 0 Å². The number of methoxy groups -OCH3 is 1. The van der Waals surface area contributed by atoms with Gasteiger partial charge in [0.15, 0.2) is 0 Å². The quantitative estimate of drug-likeness (QED) is 0.631. The predicted molar refractivity (Wildman–Crippen MR) is 92.1 cm³/mol.